The van der Waals surface area contributed by atoms with E-state index in [2.05, 4.69) is 45.8 Å². The number of thioether (sulfide) groups is 1. The lowest BCUT2D eigenvalue weighted by atomic mass is 10.0. The number of esters is 1. The molecule has 0 spiro atoms. The summed E-state index contributed by atoms with van der Waals surface area (Å²) in [6.45, 7) is 6.21. The molecule has 0 aliphatic rings. The number of benzene rings is 2. The average molecular weight is 549 g/mol. The minimum atomic E-state index is -4.73. The monoisotopic (exact) mass is 548 g/mol. The van der Waals surface area contributed by atoms with Crippen molar-refractivity contribution in [3.63, 3.8) is 0 Å². The van der Waals surface area contributed by atoms with Gasteiger partial charge in [0.25, 0.3) is 0 Å². The Kier molecular flexibility index (Phi) is 10.9. The number of ether oxygens (including phenoxy) is 3. The van der Waals surface area contributed by atoms with Crippen LogP contribution in [0.3, 0.4) is 0 Å². The third-order valence-electron chi connectivity index (χ3n) is 4.72. The van der Waals surface area contributed by atoms with Gasteiger partial charge in [0.15, 0.2) is 0 Å². The molecule has 1 atom stereocenters. The molecule has 2 aromatic rings. The fourth-order valence-electron chi connectivity index (χ4n) is 3.13. The van der Waals surface area contributed by atoms with Crippen molar-refractivity contribution >= 4 is 33.7 Å². The van der Waals surface area contributed by atoms with Crippen LogP contribution in [0.15, 0.2) is 45.8 Å². The Labute approximate surface area is 205 Å². The number of halogens is 4. The Hall–Kier alpha value is -1.87. The molecule has 0 aliphatic carbocycles. The van der Waals surface area contributed by atoms with Gasteiger partial charge in [0, 0.05) is 17.1 Å². The predicted octanol–water partition coefficient (Wildman–Crippen LogP) is 7.36. The summed E-state index contributed by atoms with van der Waals surface area (Å²) in [5.74, 6) is 0.795. The van der Waals surface area contributed by atoms with Crippen molar-refractivity contribution in [2.75, 3.05) is 12.4 Å². The van der Waals surface area contributed by atoms with Crippen LogP contribution in [-0.2, 0) is 22.4 Å². The van der Waals surface area contributed by atoms with Crippen molar-refractivity contribution in [3.05, 3.63) is 52.0 Å². The lowest BCUT2D eigenvalue weighted by molar-refractivity contribution is -0.274. The normalized spacial score (nSPS) is 12.3. The molecule has 1 unspecified atom stereocenters. The van der Waals surface area contributed by atoms with Gasteiger partial charge in [0.2, 0.25) is 0 Å². The quantitative estimate of drug-likeness (QED) is 0.205. The van der Waals surface area contributed by atoms with Gasteiger partial charge in [0.05, 0.1) is 17.2 Å². The minimum absolute atomic E-state index is 0.127. The number of hydrogen-bond donors (Lipinski definition) is 0. The molecule has 0 heterocycles. The van der Waals surface area contributed by atoms with E-state index in [0.29, 0.717) is 29.7 Å². The first-order valence-corrected chi connectivity index (χ1v) is 12.5. The molecule has 0 aromatic heterocycles. The maximum atomic E-state index is 12.3. The number of hydrogen-bond acceptors (Lipinski definition) is 5. The van der Waals surface area contributed by atoms with Crippen molar-refractivity contribution in [2.45, 2.75) is 63.8 Å². The van der Waals surface area contributed by atoms with Crippen molar-refractivity contribution in [1.82, 2.24) is 0 Å². The highest BCUT2D eigenvalue weighted by Gasteiger charge is 2.31. The molecular weight excluding hydrogens is 521 g/mol. The Morgan fingerprint density at radius 1 is 1.12 bits per heavy atom. The Balaban J connectivity index is 1.85. The van der Waals surface area contributed by atoms with Crippen LogP contribution in [-0.4, -0.2) is 30.8 Å². The predicted molar refractivity (Wildman–Crippen MR) is 127 cm³/mol. The van der Waals surface area contributed by atoms with E-state index in [4.69, 9.17) is 9.47 Å². The van der Waals surface area contributed by atoms with E-state index in [1.54, 1.807) is 18.7 Å². The fraction of sp³-hybridized carbons (Fsp3) is 0.458. The molecule has 0 N–H and O–H groups in total. The van der Waals surface area contributed by atoms with Crippen molar-refractivity contribution < 1.29 is 32.2 Å². The molecule has 2 rings (SSSR count). The van der Waals surface area contributed by atoms with Crippen molar-refractivity contribution in [3.8, 4) is 11.5 Å². The van der Waals surface area contributed by atoms with Gasteiger partial charge in [0.1, 0.15) is 11.5 Å². The molecule has 0 amide bonds. The molecule has 0 fully saturated rings. The average Bonchev–Trinajstić information content (AvgIpc) is 2.73. The Bertz CT molecular complexity index is 921. The van der Waals surface area contributed by atoms with Gasteiger partial charge in [-0.1, -0.05) is 13.0 Å². The van der Waals surface area contributed by atoms with E-state index < -0.39 is 6.36 Å². The number of alkyl halides is 3. The first-order chi connectivity index (χ1) is 15.6. The van der Waals surface area contributed by atoms with Crippen LogP contribution in [0.25, 0.3) is 0 Å². The molecule has 4 nitrogen and oxygen atoms in total. The second kappa shape index (κ2) is 13.1. The Morgan fingerprint density at radius 2 is 1.88 bits per heavy atom. The molecule has 9 heteroatoms. The second-order valence-electron chi connectivity index (χ2n) is 7.29. The summed E-state index contributed by atoms with van der Waals surface area (Å²) in [4.78, 5) is 12.8. The van der Waals surface area contributed by atoms with Gasteiger partial charge in [-0.15, -0.1) is 24.9 Å². The van der Waals surface area contributed by atoms with E-state index in [9.17, 15) is 18.0 Å². The fourth-order valence-corrected chi connectivity index (χ4v) is 4.65. The zero-order valence-electron chi connectivity index (χ0n) is 18.8. The molecule has 0 bridgehead atoms. The van der Waals surface area contributed by atoms with E-state index in [-0.39, 0.29) is 17.8 Å². The molecular formula is C24H28BrF3O4S. The smallest absolute Gasteiger partial charge is 0.490 e. The second-order valence-corrected chi connectivity index (χ2v) is 9.32. The molecule has 0 saturated carbocycles. The van der Waals surface area contributed by atoms with Gasteiger partial charge in [-0.2, -0.15) is 0 Å². The van der Waals surface area contributed by atoms with Crippen LogP contribution in [0.2, 0.25) is 0 Å². The SMILES string of the molecule is CCOC(=O)CCc1ccc(SCCC(C)Oc2ccc(OC(F)(F)F)cc2Br)cc1CC. The van der Waals surface area contributed by atoms with Crippen LogP contribution < -0.4 is 9.47 Å². The summed E-state index contributed by atoms with van der Waals surface area (Å²) in [7, 11) is 0. The van der Waals surface area contributed by atoms with Gasteiger partial charge in [-0.3, -0.25) is 4.79 Å². The first kappa shape index (κ1) is 27.4. The Morgan fingerprint density at radius 3 is 2.52 bits per heavy atom. The molecule has 182 valence electrons. The van der Waals surface area contributed by atoms with Crippen LogP contribution in [0.1, 0.15) is 44.7 Å². The molecule has 33 heavy (non-hydrogen) atoms. The maximum Gasteiger partial charge on any atom is 0.573 e. The minimum Gasteiger partial charge on any atom is -0.490 e. The van der Waals surface area contributed by atoms with E-state index in [0.717, 1.165) is 29.1 Å². The largest absolute Gasteiger partial charge is 0.573 e. The summed E-state index contributed by atoms with van der Waals surface area (Å²) in [6, 6.07) is 10.2. The van der Waals surface area contributed by atoms with Crippen LogP contribution in [0, 0.1) is 0 Å². The first-order valence-electron chi connectivity index (χ1n) is 10.7. The van der Waals surface area contributed by atoms with Crippen LogP contribution in [0.4, 0.5) is 13.2 Å². The van der Waals surface area contributed by atoms with Crippen LogP contribution >= 0.6 is 27.7 Å². The zero-order valence-corrected chi connectivity index (χ0v) is 21.2. The summed E-state index contributed by atoms with van der Waals surface area (Å²) in [5, 5.41) is 0. The van der Waals surface area contributed by atoms with Gasteiger partial charge in [-0.05, 0) is 90.5 Å². The summed E-state index contributed by atoms with van der Waals surface area (Å²) < 4.78 is 52.2. The van der Waals surface area contributed by atoms with Crippen molar-refractivity contribution in [1.29, 1.82) is 0 Å². The summed E-state index contributed by atoms with van der Waals surface area (Å²) in [6.07, 6.45) is -2.18. The molecule has 2 aromatic carbocycles. The number of aryl methyl sites for hydroxylation is 2. The third-order valence-corrected chi connectivity index (χ3v) is 6.37. The van der Waals surface area contributed by atoms with E-state index in [1.807, 2.05) is 6.92 Å². The van der Waals surface area contributed by atoms with E-state index >= 15 is 0 Å². The third kappa shape index (κ3) is 9.88. The topological polar surface area (TPSA) is 44.8 Å². The maximum absolute atomic E-state index is 12.3. The molecule has 0 radical (unpaired) electrons. The number of carbonyl (C=O) groups excluding carboxylic acids is 1. The van der Waals surface area contributed by atoms with Crippen molar-refractivity contribution in [2.24, 2.45) is 0 Å². The van der Waals surface area contributed by atoms with Gasteiger partial charge >= 0.3 is 12.3 Å². The van der Waals surface area contributed by atoms with Crippen LogP contribution in [0.5, 0.6) is 11.5 Å². The number of rotatable bonds is 12. The highest BCUT2D eigenvalue weighted by Crippen LogP contribution is 2.33. The summed E-state index contributed by atoms with van der Waals surface area (Å²) in [5.41, 5.74) is 2.38. The molecule has 0 aliphatic heterocycles. The lowest BCUT2D eigenvalue weighted by Gasteiger charge is -2.17. The zero-order chi connectivity index (χ0) is 24.4. The molecule has 0 saturated heterocycles. The summed E-state index contributed by atoms with van der Waals surface area (Å²) >= 11 is 4.95. The highest BCUT2D eigenvalue weighted by molar-refractivity contribution is 9.10. The van der Waals surface area contributed by atoms with E-state index in [1.165, 1.54) is 23.8 Å². The number of carbonyl (C=O) groups is 1. The highest BCUT2D eigenvalue weighted by atomic mass is 79.9. The lowest BCUT2D eigenvalue weighted by Crippen LogP contribution is -2.17. The van der Waals surface area contributed by atoms with Gasteiger partial charge in [-0.25, -0.2) is 0 Å². The standard InChI is InChI=1S/C24H28BrF3O4S/c1-4-17-14-20(9-6-18(17)7-11-23(29)30-5-2)33-13-12-16(3)31-22-10-8-19(15-21(22)25)32-24(26,27)28/h6,8-10,14-16H,4-5,7,11-13H2,1-3H3. The van der Waals surface area contributed by atoms with Gasteiger partial charge < -0.3 is 14.2 Å².